The van der Waals surface area contributed by atoms with Crippen LogP contribution in [0.2, 0.25) is 0 Å². The van der Waals surface area contributed by atoms with Crippen LogP contribution >= 0.6 is 15.6 Å². The molecule has 16 heteroatoms. The minimum absolute atomic E-state index is 0.0218. The predicted octanol–water partition coefficient (Wildman–Crippen LogP) is 11.4. The number of carbonyl (C=O) groups is 2. The number of rotatable bonds is 44. The Kier molecular flexibility index (Phi) is 40.2. The van der Waals surface area contributed by atoms with Gasteiger partial charge in [0.1, 0.15) is 12.7 Å². The number of aliphatic hydroxyl groups excluding tert-OH is 2. The summed E-state index contributed by atoms with van der Waals surface area (Å²) in [5, 5.41) is 19.8. The van der Waals surface area contributed by atoms with Crippen LogP contribution in [0.1, 0.15) is 188 Å². The van der Waals surface area contributed by atoms with Crippen molar-refractivity contribution in [2.24, 2.45) is 5.92 Å². The van der Waals surface area contributed by atoms with E-state index in [9.17, 15) is 33.8 Å². The lowest BCUT2D eigenvalue weighted by molar-refractivity contribution is -0.161. The quantitative estimate of drug-likeness (QED) is 0.0126. The van der Waals surface area contributed by atoms with Gasteiger partial charge in [0, 0.05) is 12.8 Å². The molecular weight excluding hydrogens is 850 g/mol. The van der Waals surface area contributed by atoms with E-state index < -0.39 is 72.3 Å². The molecule has 0 aliphatic carbocycles. The van der Waals surface area contributed by atoms with Crippen LogP contribution < -0.4 is 0 Å². The predicted molar refractivity (Wildman–Crippen MR) is 250 cm³/mol. The van der Waals surface area contributed by atoms with Crippen molar-refractivity contribution in [1.29, 1.82) is 0 Å². The molecule has 0 aromatic carbocycles. The summed E-state index contributed by atoms with van der Waals surface area (Å²) in [5.41, 5.74) is 0. The number of aliphatic hydroxyl groups is 2. The number of ether oxygens (including phenoxy) is 2. The molecule has 0 spiro atoms. The Morgan fingerprint density at radius 1 is 0.587 bits per heavy atom. The van der Waals surface area contributed by atoms with E-state index in [-0.39, 0.29) is 12.8 Å². The van der Waals surface area contributed by atoms with Crippen molar-refractivity contribution in [3.05, 3.63) is 48.6 Å². The third-order valence-electron chi connectivity index (χ3n) is 10.3. The van der Waals surface area contributed by atoms with Crippen molar-refractivity contribution >= 4 is 27.6 Å². The first-order valence-corrected chi connectivity index (χ1v) is 26.9. The Morgan fingerprint density at radius 3 is 1.76 bits per heavy atom. The number of allylic oxidation sites excluding steroid dienone is 6. The Labute approximate surface area is 380 Å². The first kappa shape index (κ1) is 61.0. The van der Waals surface area contributed by atoms with E-state index in [0.717, 1.165) is 31.6 Å². The van der Waals surface area contributed by atoms with Crippen molar-refractivity contribution in [2.45, 2.75) is 206 Å². The van der Waals surface area contributed by atoms with Crippen LogP contribution in [0.4, 0.5) is 0 Å². The summed E-state index contributed by atoms with van der Waals surface area (Å²) >= 11 is 0. The largest absolute Gasteiger partial charge is 0.472 e. The van der Waals surface area contributed by atoms with E-state index in [0.29, 0.717) is 32.1 Å². The van der Waals surface area contributed by atoms with E-state index >= 15 is 0 Å². The van der Waals surface area contributed by atoms with Gasteiger partial charge in [-0.05, 0) is 50.9 Å². The summed E-state index contributed by atoms with van der Waals surface area (Å²) in [6, 6.07) is 0. The number of hydrogen-bond acceptors (Lipinski definition) is 11. The Bertz CT molecular complexity index is 1330. The highest BCUT2D eigenvalue weighted by molar-refractivity contribution is 7.47. The fourth-order valence-electron chi connectivity index (χ4n) is 6.28. The molecule has 5 N–H and O–H groups in total. The standard InChI is InChI=1S/C47H86O14P2/c1-4-6-7-8-18-24-29-34-43(48)35-30-25-20-17-22-27-32-37-47(51)61-45(41-60-63(55,56)59-39-44(49)38-58-62(52,53)54)40-57-46(50)36-31-26-21-16-14-12-10-9-11-13-15-19-23-28-33-42(3)5-2/h17-18,22,24-25,29-30,34,42-45,48-49H,4-16,19-21,23,26-28,31-33,35-41H2,1-3H3,(H,55,56)(H2,52,53,54)/b22-17+,24-18-,30-25-,34-29-/t42?,43-,44-,45+/m0/s1. The topological polar surface area (TPSA) is 216 Å². The lowest BCUT2D eigenvalue weighted by atomic mass is 9.99. The van der Waals surface area contributed by atoms with Gasteiger partial charge >= 0.3 is 27.6 Å². The van der Waals surface area contributed by atoms with E-state index in [2.05, 4.69) is 35.9 Å². The molecule has 0 heterocycles. The molecule has 0 aromatic heterocycles. The number of phosphoric acid groups is 2. The fraction of sp³-hybridized carbons (Fsp3) is 0.787. The Balaban J connectivity index is 4.59. The van der Waals surface area contributed by atoms with Crippen molar-refractivity contribution < 1.29 is 66.7 Å². The highest BCUT2D eigenvalue weighted by atomic mass is 31.2. The Morgan fingerprint density at radius 2 is 1.14 bits per heavy atom. The van der Waals surface area contributed by atoms with Crippen molar-refractivity contribution in [3.63, 3.8) is 0 Å². The van der Waals surface area contributed by atoms with Crippen molar-refractivity contribution in [3.8, 4) is 0 Å². The molecule has 2 unspecified atom stereocenters. The first-order valence-electron chi connectivity index (χ1n) is 23.8. The number of esters is 2. The molecule has 0 aliphatic heterocycles. The van der Waals surface area contributed by atoms with Crippen molar-refractivity contribution in [1.82, 2.24) is 0 Å². The third-order valence-corrected chi connectivity index (χ3v) is 11.8. The molecule has 0 saturated carbocycles. The molecule has 0 fully saturated rings. The van der Waals surface area contributed by atoms with Gasteiger partial charge in [-0.2, -0.15) is 0 Å². The molecule has 0 rings (SSSR count). The second-order valence-electron chi connectivity index (χ2n) is 16.5. The monoisotopic (exact) mass is 937 g/mol. The zero-order chi connectivity index (χ0) is 46.9. The van der Waals surface area contributed by atoms with Gasteiger partial charge < -0.3 is 34.4 Å². The molecule has 0 bridgehead atoms. The molecule has 368 valence electrons. The van der Waals surface area contributed by atoms with Crippen molar-refractivity contribution in [2.75, 3.05) is 26.4 Å². The van der Waals surface area contributed by atoms with Gasteiger partial charge in [0.2, 0.25) is 0 Å². The van der Waals surface area contributed by atoms with Crippen LogP contribution in [0, 0.1) is 5.92 Å². The van der Waals surface area contributed by atoms with Gasteiger partial charge in [0.15, 0.2) is 6.10 Å². The van der Waals surface area contributed by atoms with Crippen LogP contribution in [-0.4, -0.2) is 81.6 Å². The maximum Gasteiger partial charge on any atom is 0.472 e. The molecule has 5 atom stereocenters. The minimum Gasteiger partial charge on any atom is -0.462 e. The first-order chi connectivity index (χ1) is 30.2. The average Bonchev–Trinajstić information content (AvgIpc) is 3.24. The van der Waals surface area contributed by atoms with Crippen LogP contribution in [0.3, 0.4) is 0 Å². The maximum atomic E-state index is 12.7. The number of phosphoric ester groups is 2. The van der Waals surface area contributed by atoms with Crippen LogP contribution in [0.25, 0.3) is 0 Å². The van der Waals surface area contributed by atoms with Gasteiger partial charge in [0.25, 0.3) is 0 Å². The summed E-state index contributed by atoms with van der Waals surface area (Å²) < 4.78 is 47.8. The molecule has 0 radical (unpaired) electrons. The fourth-order valence-corrected chi connectivity index (χ4v) is 7.44. The molecule has 63 heavy (non-hydrogen) atoms. The van der Waals surface area contributed by atoms with E-state index in [4.69, 9.17) is 23.8 Å². The number of hydrogen-bond donors (Lipinski definition) is 5. The minimum atomic E-state index is -4.88. The molecule has 0 amide bonds. The van der Waals surface area contributed by atoms with E-state index in [1.807, 2.05) is 36.5 Å². The van der Waals surface area contributed by atoms with Gasteiger partial charge in [0.05, 0.1) is 25.9 Å². The van der Waals surface area contributed by atoms with E-state index in [1.54, 1.807) is 6.08 Å². The number of carbonyl (C=O) groups excluding carboxylic acids is 2. The third kappa shape index (κ3) is 45.0. The smallest absolute Gasteiger partial charge is 0.462 e. The molecule has 14 nitrogen and oxygen atoms in total. The summed E-state index contributed by atoms with van der Waals surface area (Å²) in [4.78, 5) is 52.8. The maximum absolute atomic E-state index is 12.7. The molecular formula is C47H86O14P2. The zero-order valence-corrected chi connectivity index (χ0v) is 40.7. The second-order valence-corrected chi connectivity index (χ2v) is 19.2. The van der Waals surface area contributed by atoms with Gasteiger partial charge in [-0.15, -0.1) is 0 Å². The normalized spacial score (nSPS) is 15.4. The lowest BCUT2D eigenvalue weighted by Gasteiger charge is -2.20. The average molecular weight is 937 g/mol. The summed E-state index contributed by atoms with van der Waals surface area (Å²) in [6.45, 7) is 3.96. The second kappa shape index (κ2) is 41.5. The highest BCUT2D eigenvalue weighted by Crippen LogP contribution is 2.43. The van der Waals surface area contributed by atoms with Gasteiger partial charge in [-0.25, -0.2) is 9.13 Å². The molecule has 0 aromatic rings. The van der Waals surface area contributed by atoms with Gasteiger partial charge in [-0.3, -0.25) is 23.2 Å². The van der Waals surface area contributed by atoms with Crippen LogP contribution in [0.5, 0.6) is 0 Å². The van der Waals surface area contributed by atoms with E-state index in [1.165, 1.54) is 96.3 Å². The number of unbranched alkanes of at least 4 members (excludes halogenated alkanes) is 17. The summed E-state index contributed by atoms with van der Waals surface area (Å²) in [6.07, 6.45) is 38.4. The lowest BCUT2D eigenvalue weighted by Crippen LogP contribution is -2.29. The molecule has 0 aliphatic rings. The SMILES string of the molecule is CCCCC/C=C\C=C/[C@H](O)C/C=C\C/C=C/CCCC(=O)O[C@H](COC(=O)CCCCCCCCCCCCCCCCC(C)CC)COP(=O)(O)OC[C@@H](O)COP(=O)(O)O. The Hall–Kier alpha value is -1.96. The molecule has 0 saturated heterocycles. The van der Waals surface area contributed by atoms with Gasteiger partial charge in [-0.1, -0.05) is 179 Å². The summed E-state index contributed by atoms with van der Waals surface area (Å²) in [5.74, 6) is -0.277. The highest BCUT2D eigenvalue weighted by Gasteiger charge is 2.28. The summed E-state index contributed by atoms with van der Waals surface area (Å²) in [7, 11) is -9.72. The van der Waals surface area contributed by atoms with Crippen LogP contribution in [-0.2, 0) is 41.8 Å². The zero-order valence-electron chi connectivity index (χ0n) is 38.9. The van der Waals surface area contributed by atoms with Crippen LogP contribution in [0.15, 0.2) is 48.6 Å².